The molecule has 6 nitrogen and oxygen atoms in total. The van der Waals surface area contributed by atoms with E-state index < -0.39 is 0 Å². The maximum atomic E-state index is 6.05. The first-order chi connectivity index (χ1) is 15.2. The predicted molar refractivity (Wildman–Crippen MR) is 124 cm³/mol. The zero-order chi connectivity index (χ0) is 21.5. The second-order valence-electron chi connectivity index (χ2n) is 7.04. The lowest BCUT2D eigenvalue weighted by Crippen LogP contribution is -2.04. The van der Waals surface area contributed by atoms with Gasteiger partial charge in [0.1, 0.15) is 5.75 Å². The summed E-state index contributed by atoms with van der Waals surface area (Å²) in [5, 5.41) is 13.0. The first-order valence-electron chi connectivity index (χ1n) is 10.3. The van der Waals surface area contributed by atoms with Gasteiger partial charge < -0.3 is 14.6 Å². The monoisotopic (exact) mass is 431 g/mol. The number of hydrogen-bond donors (Lipinski definition) is 1. The van der Waals surface area contributed by atoms with Gasteiger partial charge in [0.05, 0.1) is 6.61 Å². The summed E-state index contributed by atoms with van der Waals surface area (Å²) in [5.41, 5.74) is 3.20. The molecule has 0 saturated carbocycles. The van der Waals surface area contributed by atoms with Crippen molar-refractivity contribution in [2.45, 2.75) is 29.9 Å². The van der Waals surface area contributed by atoms with Gasteiger partial charge in [0.25, 0.3) is 0 Å². The number of aromatic nitrogens is 4. The van der Waals surface area contributed by atoms with Crippen LogP contribution in [-0.4, -0.2) is 26.4 Å². The third-order valence-electron chi connectivity index (χ3n) is 4.74. The molecule has 0 bridgehead atoms. The minimum Gasteiger partial charge on any atom is -0.493 e. The fraction of sp³-hybridized carbons (Fsp3) is 0.208. The number of ether oxygens (including phenoxy) is 1. The number of nitrogens with zero attached hydrogens (tertiary/aromatic N) is 4. The molecule has 0 fully saturated rings. The molecule has 0 aliphatic rings. The highest BCUT2D eigenvalue weighted by Gasteiger charge is 2.13. The molecule has 2 heterocycles. The van der Waals surface area contributed by atoms with Crippen molar-refractivity contribution in [1.82, 2.24) is 19.7 Å². The molecule has 4 aromatic rings. The van der Waals surface area contributed by atoms with E-state index >= 15 is 0 Å². The minimum absolute atomic E-state index is 0.683. The van der Waals surface area contributed by atoms with Crippen LogP contribution in [-0.2, 0) is 13.6 Å². The number of rotatable bonds is 9. The van der Waals surface area contributed by atoms with Crippen LogP contribution in [0.4, 0.5) is 5.69 Å². The summed E-state index contributed by atoms with van der Waals surface area (Å²) < 4.78 is 8.05. The van der Waals surface area contributed by atoms with E-state index in [0.717, 1.165) is 44.9 Å². The van der Waals surface area contributed by atoms with Gasteiger partial charge in [-0.05, 0) is 54.6 Å². The van der Waals surface area contributed by atoms with Crippen LogP contribution < -0.4 is 10.1 Å². The summed E-state index contributed by atoms with van der Waals surface area (Å²) in [4.78, 5) is 5.13. The van der Waals surface area contributed by atoms with E-state index in [-0.39, 0.29) is 0 Å². The van der Waals surface area contributed by atoms with Gasteiger partial charge in [-0.3, -0.25) is 4.98 Å². The predicted octanol–water partition coefficient (Wildman–Crippen LogP) is 5.43. The van der Waals surface area contributed by atoms with Crippen LogP contribution in [0.1, 0.15) is 18.9 Å². The standard InChI is InChI=1S/C24H25N5OS/c1-3-15-30-22-16-21(10-9-19(22)17-26-20-7-5-4-6-8-20)31-24-28-27-23(29(24)2)18-11-13-25-14-12-18/h4-14,16,26H,3,15,17H2,1-2H3. The van der Waals surface area contributed by atoms with Gasteiger partial charge in [0, 0.05) is 47.7 Å². The molecule has 0 radical (unpaired) electrons. The quantitative estimate of drug-likeness (QED) is 0.381. The zero-order valence-corrected chi connectivity index (χ0v) is 18.5. The van der Waals surface area contributed by atoms with Crippen molar-refractivity contribution in [3.63, 3.8) is 0 Å². The lowest BCUT2D eigenvalue weighted by Gasteiger charge is -2.14. The lowest BCUT2D eigenvalue weighted by atomic mass is 10.2. The highest BCUT2D eigenvalue weighted by molar-refractivity contribution is 7.99. The summed E-state index contributed by atoms with van der Waals surface area (Å²) in [7, 11) is 1.98. The van der Waals surface area contributed by atoms with Crippen LogP contribution >= 0.6 is 11.8 Å². The second kappa shape index (κ2) is 10.1. The zero-order valence-electron chi connectivity index (χ0n) is 17.7. The van der Waals surface area contributed by atoms with Crippen LogP contribution in [0.15, 0.2) is 83.1 Å². The molecule has 0 atom stereocenters. The molecule has 0 aliphatic carbocycles. The molecule has 31 heavy (non-hydrogen) atoms. The fourth-order valence-corrected chi connectivity index (χ4v) is 3.92. The number of hydrogen-bond acceptors (Lipinski definition) is 6. The SMILES string of the molecule is CCCOc1cc(Sc2nnc(-c3ccncc3)n2C)ccc1CNc1ccccc1. The van der Waals surface area contributed by atoms with Crippen LogP contribution in [0.3, 0.4) is 0 Å². The van der Waals surface area contributed by atoms with E-state index in [1.807, 2.05) is 41.9 Å². The van der Waals surface area contributed by atoms with Gasteiger partial charge in [0.2, 0.25) is 0 Å². The Hall–Kier alpha value is -3.32. The molecule has 0 unspecified atom stereocenters. The first kappa shape index (κ1) is 20.9. The van der Waals surface area contributed by atoms with E-state index in [4.69, 9.17) is 4.74 Å². The number of pyridine rings is 1. The molecule has 2 aromatic heterocycles. The summed E-state index contributed by atoms with van der Waals surface area (Å²) in [6, 6.07) is 20.4. The Balaban J connectivity index is 1.53. The molecule has 0 aliphatic heterocycles. The molecular weight excluding hydrogens is 406 g/mol. The van der Waals surface area contributed by atoms with Gasteiger partial charge in [0.15, 0.2) is 11.0 Å². The van der Waals surface area contributed by atoms with Crippen LogP contribution in [0.2, 0.25) is 0 Å². The Bertz CT molecular complexity index is 1120. The van der Waals surface area contributed by atoms with Crippen LogP contribution in [0.5, 0.6) is 5.75 Å². The van der Waals surface area contributed by atoms with Crippen molar-refractivity contribution in [2.24, 2.45) is 7.05 Å². The third kappa shape index (κ3) is 5.24. The summed E-state index contributed by atoms with van der Waals surface area (Å²) in [6.45, 7) is 3.49. The van der Waals surface area contributed by atoms with E-state index in [1.165, 1.54) is 0 Å². The lowest BCUT2D eigenvalue weighted by molar-refractivity contribution is 0.314. The van der Waals surface area contributed by atoms with Crippen LogP contribution in [0.25, 0.3) is 11.4 Å². The second-order valence-corrected chi connectivity index (χ2v) is 8.08. The molecule has 7 heteroatoms. The maximum Gasteiger partial charge on any atom is 0.196 e. The van der Waals surface area contributed by atoms with Gasteiger partial charge >= 0.3 is 0 Å². The normalized spacial score (nSPS) is 10.8. The highest BCUT2D eigenvalue weighted by atomic mass is 32.2. The molecule has 0 amide bonds. The smallest absolute Gasteiger partial charge is 0.196 e. The average molecular weight is 432 g/mol. The Morgan fingerprint density at radius 3 is 2.58 bits per heavy atom. The third-order valence-corrected chi connectivity index (χ3v) is 5.77. The first-order valence-corrected chi connectivity index (χ1v) is 11.1. The number of anilines is 1. The van der Waals surface area contributed by atoms with E-state index in [9.17, 15) is 0 Å². The van der Waals surface area contributed by atoms with Crippen molar-refractivity contribution in [3.05, 3.63) is 78.6 Å². The van der Waals surface area contributed by atoms with Gasteiger partial charge in [-0.15, -0.1) is 10.2 Å². The number of nitrogens with one attached hydrogen (secondary N) is 1. The summed E-state index contributed by atoms with van der Waals surface area (Å²) >= 11 is 1.57. The molecule has 2 aromatic carbocycles. The molecule has 1 N–H and O–H groups in total. The largest absolute Gasteiger partial charge is 0.493 e. The van der Waals surface area contributed by atoms with Gasteiger partial charge in [-0.1, -0.05) is 31.2 Å². The Kier molecular flexibility index (Phi) is 6.84. The van der Waals surface area contributed by atoms with Gasteiger partial charge in [-0.25, -0.2) is 0 Å². The van der Waals surface area contributed by atoms with Crippen molar-refractivity contribution in [1.29, 1.82) is 0 Å². The fourth-order valence-electron chi connectivity index (χ4n) is 3.11. The van der Waals surface area contributed by atoms with E-state index in [1.54, 1.807) is 24.2 Å². The van der Waals surface area contributed by atoms with E-state index in [2.05, 4.69) is 57.8 Å². The van der Waals surface area contributed by atoms with Crippen molar-refractivity contribution < 1.29 is 4.74 Å². The van der Waals surface area contributed by atoms with E-state index in [0.29, 0.717) is 13.2 Å². The molecule has 0 spiro atoms. The number of benzene rings is 2. The Labute approximate surface area is 186 Å². The average Bonchev–Trinajstić information content (AvgIpc) is 3.18. The summed E-state index contributed by atoms with van der Waals surface area (Å²) in [5.74, 6) is 1.71. The molecule has 0 saturated heterocycles. The number of para-hydroxylation sites is 1. The molecule has 158 valence electrons. The Morgan fingerprint density at radius 1 is 1.00 bits per heavy atom. The minimum atomic E-state index is 0.683. The maximum absolute atomic E-state index is 6.05. The topological polar surface area (TPSA) is 64.9 Å². The summed E-state index contributed by atoms with van der Waals surface area (Å²) in [6.07, 6.45) is 4.48. The Morgan fingerprint density at radius 2 is 1.81 bits per heavy atom. The van der Waals surface area contributed by atoms with Gasteiger partial charge in [-0.2, -0.15) is 0 Å². The van der Waals surface area contributed by atoms with Crippen LogP contribution in [0, 0.1) is 0 Å². The molecular formula is C24H25N5OS. The molecule has 4 rings (SSSR count). The highest BCUT2D eigenvalue weighted by Crippen LogP contribution is 2.33. The van der Waals surface area contributed by atoms with Crippen molar-refractivity contribution >= 4 is 17.4 Å². The van der Waals surface area contributed by atoms with Crippen molar-refractivity contribution in [2.75, 3.05) is 11.9 Å². The van der Waals surface area contributed by atoms with Crippen molar-refractivity contribution in [3.8, 4) is 17.1 Å².